The second kappa shape index (κ2) is 5.02. The maximum Gasteiger partial charge on any atom is 0.121 e. The summed E-state index contributed by atoms with van der Waals surface area (Å²) in [5.41, 5.74) is 5.89. The highest BCUT2D eigenvalue weighted by molar-refractivity contribution is 5.09. The molecule has 92 valence electrons. The van der Waals surface area contributed by atoms with Gasteiger partial charge < -0.3 is 10.2 Å². The molecule has 0 bridgehead atoms. The van der Waals surface area contributed by atoms with Crippen LogP contribution in [0.15, 0.2) is 16.5 Å². The molecule has 0 spiro atoms. The molecule has 1 unspecified atom stereocenters. The lowest BCUT2D eigenvalue weighted by atomic mass is 9.92. The summed E-state index contributed by atoms with van der Waals surface area (Å²) in [6, 6.07) is 4.35. The molecular weight excluding hydrogens is 200 g/mol. The Bertz CT molecular complexity index is 330. The third-order valence-electron chi connectivity index (χ3n) is 3.06. The predicted molar refractivity (Wildman–Crippen MR) is 67.3 cm³/mol. The Hall–Kier alpha value is -0.800. The maximum absolute atomic E-state index is 5.75. The van der Waals surface area contributed by atoms with Crippen LogP contribution in [-0.4, -0.2) is 25.0 Å². The Morgan fingerprint density at radius 3 is 2.50 bits per heavy atom. The maximum atomic E-state index is 5.75. The molecule has 0 aliphatic rings. The molecule has 2 N–H and O–H groups in total. The van der Waals surface area contributed by atoms with Gasteiger partial charge in [-0.25, -0.2) is 0 Å². The van der Waals surface area contributed by atoms with Gasteiger partial charge in [-0.1, -0.05) is 13.8 Å². The number of furan rings is 1. The highest BCUT2D eigenvalue weighted by Gasteiger charge is 2.22. The minimum atomic E-state index is 0.143. The summed E-state index contributed by atoms with van der Waals surface area (Å²) in [6.07, 6.45) is 0. The smallest absolute Gasteiger partial charge is 0.121 e. The summed E-state index contributed by atoms with van der Waals surface area (Å²) >= 11 is 0. The number of rotatable bonds is 5. The number of nitrogens with two attached hydrogens (primary N) is 1. The van der Waals surface area contributed by atoms with Crippen molar-refractivity contribution in [3.8, 4) is 0 Å². The Labute approximate surface area is 98.6 Å². The SMILES string of the molecule is Cc1ccc(C(C)N(C)CC(C)(C)CN)o1. The fourth-order valence-corrected chi connectivity index (χ4v) is 1.77. The summed E-state index contributed by atoms with van der Waals surface area (Å²) in [5, 5.41) is 0. The van der Waals surface area contributed by atoms with Crippen molar-refractivity contribution in [1.82, 2.24) is 4.90 Å². The quantitative estimate of drug-likeness (QED) is 0.836. The lowest BCUT2D eigenvalue weighted by Crippen LogP contribution is -2.37. The predicted octanol–water partition coefficient (Wildman–Crippen LogP) is 2.57. The first-order chi connectivity index (χ1) is 7.35. The molecule has 0 saturated carbocycles. The Morgan fingerprint density at radius 1 is 1.44 bits per heavy atom. The Balaban J connectivity index is 2.64. The van der Waals surface area contributed by atoms with Gasteiger partial charge in [0.05, 0.1) is 6.04 Å². The normalized spacial score (nSPS) is 14.4. The molecular formula is C13H24N2O. The summed E-state index contributed by atoms with van der Waals surface area (Å²) in [5.74, 6) is 1.99. The topological polar surface area (TPSA) is 42.4 Å². The molecule has 0 amide bonds. The number of hydrogen-bond donors (Lipinski definition) is 1. The van der Waals surface area contributed by atoms with Crippen molar-refractivity contribution in [3.63, 3.8) is 0 Å². The van der Waals surface area contributed by atoms with Gasteiger partial charge in [-0.2, -0.15) is 0 Å². The van der Waals surface area contributed by atoms with Crippen LogP contribution in [-0.2, 0) is 0 Å². The standard InChI is InChI=1S/C13H24N2O/c1-10-6-7-12(16-10)11(2)15(5)9-13(3,4)8-14/h6-7,11H,8-9,14H2,1-5H3. The minimum Gasteiger partial charge on any atom is -0.465 e. The summed E-state index contributed by atoms with van der Waals surface area (Å²) in [6.45, 7) is 10.2. The zero-order valence-electron chi connectivity index (χ0n) is 11.1. The molecule has 1 aromatic heterocycles. The van der Waals surface area contributed by atoms with E-state index in [1.165, 1.54) is 0 Å². The van der Waals surface area contributed by atoms with Gasteiger partial charge in [0.1, 0.15) is 11.5 Å². The van der Waals surface area contributed by atoms with E-state index in [1.807, 2.05) is 19.1 Å². The van der Waals surface area contributed by atoms with Crippen molar-refractivity contribution in [1.29, 1.82) is 0 Å². The van der Waals surface area contributed by atoms with Gasteiger partial charge in [0, 0.05) is 6.54 Å². The van der Waals surface area contributed by atoms with Crippen LogP contribution in [0.3, 0.4) is 0 Å². The van der Waals surface area contributed by atoms with Crippen molar-refractivity contribution in [2.24, 2.45) is 11.1 Å². The van der Waals surface area contributed by atoms with Gasteiger partial charge in [0.15, 0.2) is 0 Å². The molecule has 3 nitrogen and oxygen atoms in total. The lowest BCUT2D eigenvalue weighted by molar-refractivity contribution is 0.158. The molecule has 0 fully saturated rings. The number of hydrogen-bond acceptors (Lipinski definition) is 3. The molecule has 0 aromatic carbocycles. The highest BCUT2D eigenvalue weighted by Crippen LogP contribution is 2.24. The second-order valence-corrected chi connectivity index (χ2v) is 5.41. The zero-order chi connectivity index (χ0) is 12.3. The van der Waals surface area contributed by atoms with E-state index in [0.29, 0.717) is 12.6 Å². The van der Waals surface area contributed by atoms with Crippen LogP contribution in [0, 0.1) is 12.3 Å². The van der Waals surface area contributed by atoms with Crippen molar-refractivity contribution < 1.29 is 4.42 Å². The largest absolute Gasteiger partial charge is 0.465 e. The Morgan fingerprint density at radius 2 is 2.06 bits per heavy atom. The van der Waals surface area contributed by atoms with E-state index >= 15 is 0 Å². The molecule has 1 aromatic rings. The molecule has 0 aliphatic heterocycles. The molecule has 0 aliphatic carbocycles. The van der Waals surface area contributed by atoms with E-state index in [1.54, 1.807) is 0 Å². The van der Waals surface area contributed by atoms with Gasteiger partial charge in [0.2, 0.25) is 0 Å². The fourth-order valence-electron chi connectivity index (χ4n) is 1.77. The highest BCUT2D eigenvalue weighted by atomic mass is 16.3. The average molecular weight is 224 g/mol. The first-order valence-corrected chi connectivity index (χ1v) is 5.82. The second-order valence-electron chi connectivity index (χ2n) is 5.41. The van der Waals surface area contributed by atoms with Gasteiger partial charge >= 0.3 is 0 Å². The summed E-state index contributed by atoms with van der Waals surface area (Å²) in [4.78, 5) is 2.28. The first-order valence-electron chi connectivity index (χ1n) is 5.82. The molecule has 1 heterocycles. The molecule has 3 heteroatoms. The average Bonchev–Trinajstić information content (AvgIpc) is 2.63. The van der Waals surface area contributed by atoms with Crippen LogP contribution in [0.4, 0.5) is 0 Å². The van der Waals surface area contributed by atoms with Crippen LogP contribution in [0.5, 0.6) is 0 Å². The van der Waals surface area contributed by atoms with Crippen molar-refractivity contribution >= 4 is 0 Å². The van der Waals surface area contributed by atoms with E-state index in [9.17, 15) is 0 Å². The van der Waals surface area contributed by atoms with E-state index in [4.69, 9.17) is 10.2 Å². The third-order valence-corrected chi connectivity index (χ3v) is 3.06. The van der Waals surface area contributed by atoms with Gasteiger partial charge in [0.25, 0.3) is 0 Å². The molecule has 1 rings (SSSR count). The van der Waals surface area contributed by atoms with Crippen molar-refractivity contribution in [2.75, 3.05) is 20.1 Å². The lowest BCUT2D eigenvalue weighted by Gasteiger charge is -2.32. The minimum absolute atomic E-state index is 0.143. The Kier molecular flexibility index (Phi) is 4.16. The van der Waals surface area contributed by atoms with Gasteiger partial charge in [-0.05, 0) is 45.0 Å². The monoisotopic (exact) mass is 224 g/mol. The molecule has 1 atom stereocenters. The van der Waals surface area contributed by atoms with Crippen LogP contribution in [0.2, 0.25) is 0 Å². The number of aryl methyl sites for hydroxylation is 1. The van der Waals surface area contributed by atoms with Crippen molar-refractivity contribution in [3.05, 3.63) is 23.7 Å². The van der Waals surface area contributed by atoms with Gasteiger partial charge in [-0.3, -0.25) is 4.90 Å². The first kappa shape index (κ1) is 13.3. The zero-order valence-corrected chi connectivity index (χ0v) is 11.1. The van der Waals surface area contributed by atoms with Crippen LogP contribution in [0.25, 0.3) is 0 Å². The van der Waals surface area contributed by atoms with Crippen molar-refractivity contribution in [2.45, 2.75) is 33.7 Å². The van der Waals surface area contributed by atoms with Gasteiger partial charge in [-0.15, -0.1) is 0 Å². The van der Waals surface area contributed by atoms with Crippen LogP contribution < -0.4 is 5.73 Å². The van der Waals surface area contributed by atoms with Crippen LogP contribution >= 0.6 is 0 Å². The van der Waals surface area contributed by atoms with E-state index < -0.39 is 0 Å². The van der Waals surface area contributed by atoms with E-state index in [0.717, 1.165) is 18.1 Å². The summed E-state index contributed by atoms with van der Waals surface area (Å²) in [7, 11) is 2.11. The molecule has 0 radical (unpaired) electrons. The number of nitrogens with zero attached hydrogens (tertiary/aromatic N) is 1. The van der Waals surface area contributed by atoms with E-state index in [-0.39, 0.29) is 5.41 Å². The van der Waals surface area contributed by atoms with E-state index in [2.05, 4.69) is 32.7 Å². The summed E-state index contributed by atoms with van der Waals surface area (Å²) < 4.78 is 5.64. The molecule has 16 heavy (non-hydrogen) atoms. The van der Waals surface area contributed by atoms with Crippen LogP contribution in [0.1, 0.15) is 38.3 Å². The fraction of sp³-hybridized carbons (Fsp3) is 0.692. The molecule has 0 saturated heterocycles. The third kappa shape index (κ3) is 3.35.